The second kappa shape index (κ2) is 3.89. The highest BCUT2D eigenvalue weighted by molar-refractivity contribution is 5.70. The van der Waals surface area contributed by atoms with Crippen molar-refractivity contribution in [3.8, 4) is 0 Å². The third-order valence-electron chi connectivity index (χ3n) is 3.87. The number of alkyl halides is 3. The summed E-state index contributed by atoms with van der Waals surface area (Å²) in [6, 6.07) is 0. The molecular weight excluding hydrogens is 233 g/mol. The smallest absolute Gasteiger partial charge is 0.394 e. The minimum atomic E-state index is -4.27. The number of halogens is 3. The summed E-state index contributed by atoms with van der Waals surface area (Å²) in [5.41, 5.74) is -2.23. The van der Waals surface area contributed by atoms with Crippen molar-refractivity contribution < 1.29 is 22.7 Å². The van der Waals surface area contributed by atoms with Crippen LogP contribution in [0, 0.1) is 22.7 Å². The first kappa shape index (κ1) is 14.3. The van der Waals surface area contributed by atoms with Crippen LogP contribution in [0.1, 0.15) is 34.1 Å². The average molecular weight is 252 g/mol. The first-order chi connectivity index (χ1) is 7.46. The summed E-state index contributed by atoms with van der Waals surface area (Å²) >= 11 is 0. The predicted octanol–water partition coefficient (Wildman–Crippen LogP) is 3.41. The van der Waals surface area contributed by atoms with Crippen molar-refractivity contribution >= 4 is 5.97 Å². The van der Waals surface area contributed by atoms with Crippen LogP contribution in [0.25, 0.3) is 0 Å². The number of methoxy groups -OCH3 is 1. The van der Waals surface area contributed by atoms with E-state index in [1.807, 2.05) is 0 Å². The van der Waals surface area contributed by atoms with Gasteiger partial charge in [-0.15, -0.1) is 0 Å². The molecule has 0 saturated heterocycles. The number of carbonyl (C=O) groups is 1. The maximum Gasteiger partial charge on any atom is 0.394 e. The molecule has 0 N–H and O–H groups in total. The molecule has 1 aliphatic rings. The van der Waals surface area contributed by atoms with E-state index in [2.05, 4.69) is 4.74 Å². The SMILES string of the molecule is COC(=O)CC1C(C(C)(C)C)C1(C)C(F)(F)F. The molecule has 1 rings (SSSR count). The van der Waals surface area contributed by atoms with Gasteiger partial charge in [-0.3, -0.25) is 4.79 Å². The zero-order valence-electron chi connectivity index (χ0n) is 10.8. The highest BCUT2D eigenvalue weighted by Crippen LogP contribution is 2.73. The molecule has 0 aromatic heterocycles. The summed E-state index contributed by atoms with van der Waals surface area (Å²) in [7, 11) is 1.20. The molecule has 100 valence electrons. The summed E-state index contributed by atoms with van der Waals surface area (Å²) in [5.74, 6) is -1.78. The van der Waals surface area contributed by atoms with E-state index in [1.165, 1.54) is 14.0 Å². The monoisotopic (exact) mass is 252 g/mol. The minimum absolute atomic E-state index is 0.158. The lowest BCUT2D eigenvalue weighted by molar-refractivity contribution is -0.194. The van der Waals surface area contributed by atoms with Gasteiger partial charge >= 0.3 is 12.1 Å². The Morgan fingerprint density at radius 1 is 1.29 bits per heavy atom. The number of rotatable bonds is 2. The van der Waals surface area contributed by atoms with Gasteiger partial charge in [0.05, 0.1) is 12.5 Å². The fourth-order valence-electron chi connectivity index (χ4n) is 3.08. The number of hydrogen-bond donors (Lipinski definition) is 0. The predicted molar refractivity (Wildman–Crippen MR) is 57.2 cm³/mol. The lowest BCUT2D eigenvalue weighted by Crippen LogP contribution is -2.28. The molecule has 0 aromatic rings. The van der Waals surface area contributed by atoms with Crippen LogP contribution in [0.15, 0.2) is 0 Å². The molecule has 1 saturated carbocycles. The average Bonchev–Trinajstić information content (AvgIpc) is 2.71. The molecule has 0 aromatic carbocycles. The number of ether oxygens (including phenoxy) is 1. The van der Waals surface area contributed by atoms with E-state index in [0.29, 0.717) is 0 Å². The van der Waals surface area contributed by atoms with E-state index < -0.39 is 34.8 Å². The lowest BCUT2D eigenvalue weighted by Gasteiger charge is -2.23. The molecule has 0 heterocycles. The van der Waals surface area contributed by atoms with Gasteiger partial charge in [0.15, 0.2) is 0 Å². The Hall–Kier alpha value is -0.740. The third kappa shape index (κ3) is 2.29. The topological polar surface area (TPSA) is 26.3 Å². The molecule has 0 aliphatic heterocycles. The van der Waals surface area contributed by atoms with Crippen molar-refractivity contribution in [3.05, 3.63) is 0 Å². The molecule has 2 nitrogen and oxygen atoms in total. The highest BCUT2D eigenvalue weighted by Gasteiger charge is 2.77. The molecular formula is C12H19F3O2. The van der Waals surface area contributed by atoms with E-state index in [-0.39, 0.29) is 6.42 Å². The molecule has 3 unspecified atom stereocenters. The van der Waals surface area contributed by atoms with E-state index in [4.69, 9.17) is 0 Å². The van der Waals surface area contributed by atoms with Crippen molar-refractivity contribution in [2.45, 2.75) is 40.3 Å². The Labute approximate surface area is 99.5 Å². The third-order valence-corrected chi connectivity index (χ3v) is 3.87. The van der Waals surface area contributed by atoms with Gasteiger partial charge in [0.2, 0.25) is 0 Å². The van der Waals surface area contributed by atoms with Gasteiger partial charge in [-0.1, -0.05) is 27.7 Å². The Morgan fingerprint density at radius 2 is 1.76 bits per heavy atom. The van der Waals surface area contributed by atoms with Crippen molar-refractivity contribution in [2.75, 3.05) is 7.11 Å². The van der Waals surface area contributed by atoms with Crippen LogP contribution in [0.2, 0.25) is 0 Å². The van der Waals surface area contributed by atoms with Gasteiger partial charge in [-0.05, 0) is 17.3 Å². The number of hydrogen-bond acceptors (Lipinski definition) is 2. The quantitative estimate of drug-likeness (QED) is 0.704. The standard InChI is InChI=1S/C12H19F3O2/c1-10(2,3)9-7(6-8(16)17-5)11(9,4)12(13,14)15/h7,9H,6H2,1-5H3. The molecule has 0 radical (unpaired) electrons. The summed E-state index contributed by atoms with van der Waals surface area (Å²) in [6.45, 7) is 6.54. The second-order valence-electron chi connectivity index (χ2n) is 6.01. The Morgan fingerprint density at radius 3 is 2.00 bits per heavy atom. The normalized spacial score (nSPS) is 33.4. The van der Waals surface area contributed by atoms with E-state index in [9.17, 15) is 18.0 Å². The van der Waals surface area contributed by atoms with Crippen LogP contribution in [-0.4, -0.2) is 19.3 Å². The Kier molecular flexibility index (Phi) is 3.27. The van der Waals surface area contributed by atoms with Gasteiger partial charge < -0.3 is 4.74 Å². The molecule has 1 fully saturated rings. The van der Waals surface area contributed by atoms with Crippen LogP contribution in [0.5, 0.6) is 0 Å². The van der Waals surface area contributed by atoms with Crippen LogP contribution in [-0.2, 0) is 9.53 Å². The van der Waals surface area contributed by atoms with Crippen LogP contribution in [0.3, 0.4) is 0 Å². The van der Waals surface area contributed by atoms with Crippen LogP contribution in [0.4, 0.5) is 13.2 Å². The van der Waals surface area contributed by atoms with Crippen molar-refractivity contribution in [1.82, 2.24) is 0 Å². The molecule has 5 heteroatoms. The zero-order valence-corrected chi connectivity index (χ0v) is 10.8. The fourth-order valence-corrected chi connectivity index (χ4v) is 3.08. The summed E-state index contributed by atoms with van der Waals surface area (Å²) in [4.78, 5) is 11.2. The molecule has 0 amide bonds. The fraction of sp³-hybridized carbons (Fsp3) is 0.917. The maximum absolute atomic E-state index is 13.1. The summed E-state index contributed by atoms with van der Waals surface area (Å²) < 4.78 is 43.6. The van der Waals surface area contributed by atoms with Crippen molar-refractivity contribution in [1.29, 1.82) is 0 Å². The Bertz CT molecular complexity index is 317. The van der Waals surface area contributed by atoms with Gasteiger partial charge in [0, 0.05) is 6.42 Å². The summed E-state index contributed by atoms with van der Waals surface area (Å²) in [6.07, 6.45) is -4.43. The van der Waals surface area contributed by atoms with Gasteiger partial charge in [0.1, 0.15) is 0 Å². The van der Waals surface area contributed by atoms with Gasteiger partial charge in [0.25, 0.3) is 0 Å². The van der Waals surface area contributed by atoms with Crippen molar-refractivity contribution in [3.63, 3.8) is 0 Å². The van der Waals surface area contributed by atoms with Crippen LogP contribution >= 0.6 is 0 Å². The van der Waals surface area contributed by atoms with E-state index in [0.717, 1.165) is 0 Å². The zero-order chi connectivity index (χ0) is 13.6. The van der Waals surface area contributed by atoms with E-state index >= 15 is 0 Å². The molecule has 0 spiro atoms. The largest absolute Gasteiger partial charge is 0.469 e. The maximum atomic E-state index is 13.1. The van der Waals surface area contributed by atoms with Crippen molar-refractivity contribution in [2.24, 2.45) is 22.7 Å². The van der Waals surface area contributed by atoms with E-state index in [1.54, 1.807) is 20.8 Å². The Balaban J connectivity index is 2.94. The first-order valence-electron chi connectivity index (χ1n) is 5.59. The van der Waals surface area contributed by atoms with Crippen LogP contribution < -0.4 is 0 Å². The summed E-state index contributed by atoms with van der Waals surface area (Å²) in [5, 5.41) is 0. The first-order valence-corrected chi connectivity index (χ1v) is 5.59. The minimum Gasteiger partial charge on any atom is -0.469 e. The lowest BCUT2D eigenvalue weighted by atomic mass is 9.85. The second-order valence-corrected chi connectivity index (χ2v) is 6.01. The van der Waals surface area contributed by atoms with Gasteiger partial charge in [-0.25, -0.2) is 0 Å². The molecule has 17 heavy (non-hydrogen) atoms. The molecule has 1 aliphatic carbocycles. The molecule has 0 bridgehead atoms. The number of esters is 1. The van der Waals surface area contributed by atoms with Gasteiger partial charge in [-0.2, -0.15) is 13.2 Å². The highest BCUT2D eigenvalue weighted by atomic mass is 19.4. The number of carbonyl (C=O) groups excluding carboxylic acids is 1. The molecule has 3 atom stereocenters.